The molecule has 2 heterocycles. The van der Waals surface area contributed by atoms with Gasteiger partial charge in [0.1, 0.15) is 6.04 Å². The molecule has 1 unspecified atom stereocenters. The van der Waals surface area contributed by atoms with Crippen molar-refractivity contribution in [2.75, 3.05) is 18.0 Å². The van der Waals surface area contributed by atoms with Crippen molar-refractivity contribution in [3.8, 4) is 0 Å². The lowest BCUT2D eigenvalue weighted by Gasteiger charge is -2.39. The highest BCUT2D eigenvalue weighted by Gasteiger charge is 2.49. The zero-order chi connectivity index (χ0) is 26.9. The largest absolute Gasteiger partial charge is 0.299 e. The van der Waals surface area contributed by atoms with Gasteiger partial charge in [0.15, 0.2) is 0 Å². The summed E-state index contributed by atoms with van der Waals surface area (Å²) in [5, 5.41) is 0. The Hall–Kier alpha value is -2.60. The molecule has 0 aromatic heterocycles. The monoisotopic (exact) mass is 643 g/mol. The van der Waals surface area contributed by atoms with Gasteiger partial charge in [-0.15, -0.1) is 0 Å². The van der Waals surface area contributed by atoms with Crippen LogP contribution >= 0.6 is 22.6 Å². The first-order valence-corrected chi connectivity index (χ1v) is 15.2. The number of amides is 2. The highest BCUT2D eigenvalue weighted by atomic mass is 127. The Morgan fingerprint density at radius 2 is 1.53 bits per heavy atom. The van der Waals surface area contributed by atoms with Gasteiger partial charge in [0.25, 0.3) is 5.91 Å². The predicted octanol–water partition coefficient (Wildman–Crippen LogP) is 4.59. The lowest BCUT2D eigenvalue weighted by Crippen LogP contribution is -2.53. The number of hydrogen-bond donors (Lipinski definition) is 0. The molecule has 3 aromatic carbocycles. The van der Waals surface area contributed by atoms with E-state index in [0.717, 1.165) is 20.6 Å². The zero-order valence-electron chi connectivity index (χ0n) is 21.2. The van der Waals surface area contributed by atoms with E-state index in [0.29, 0.717) is 31.6 Å². The summed E-state index contributed by atoms with van der Waals surface area (Å²) in [5.41, 5.74) is 2.62. The van der Waals surface area contributed by atoms with Crippen LogP contribution in [0.25, 0.3) is 0 Å². The molecule has 3 aromatic rings. The number of hydrogen-bond acceptors (Lipinski definition) is 5. The van der Waals surface area contributed by atoms with E-state index in [1.54, 1.807) is 36.4 Å². The van der Waals surface area contributed by atoms with Gasteiger partial charge < -0.3 is 0 Å². The number of likely N-dealkylation sites (tertiary alicyclic amines) is 1. The molecular formula is C29H30IN3O4S. The number of anilines is 1. The molecule has 0 N–H and O–H groups in total. The highest BCUT2D eigenvalue weighted by molar-refractivity contribution is 14.1. The number of nitrogens with zero attached hydrogens (tertiary/aromatic N) is 3. The summed E-state index contributed by atoms with van der Waals surface area (Å²) in [5.74, 6) is -0.870. The molecule has 2 saturated heterocycles. The fourth-order valence-electron chi connectivity index (χ4n) is 5.30. The third-order valence-corrected chi connectivity index (χ3v) is 9.97. The van der Waals surface area contributed by atoms with Crippen molar-refractivity contribution in [3.63, 3.8) is 0 Å². The van der Waals surface area contributed by atoms with Crippen LogP contribution in [0.5, 0.6) is 0 Å². The van der Waals surface area contributed by atoms with Crippen molar-refractivity contribution in [2.45, 2.75) is 49.7 Å². The van der Waals surface area contributed by atoms with Crippen molar-refractivity contribution in [3.05, 3.63) is 93.6 Å². The molecule has 2 aliphatic heterocycles. The summed E-state index contributed by atoms with van der Waals surface area (Å²) < 4.78 is 30.5. The van der Waals surface area contributed by atoms with Gasteiger partial charge in [0.05, 0.1) is 17.0 Å². The number of benzene rings is 3. The Kier molecular flexibility index (Phi) is 7.99. The summed E-state index contributed by atoms with van der Waals surface area (Å²) in [6.07, 6.45) is 0.999. The third-order valence-electron chi connectivity index (χ3n) is 7.28. The first kappa shape index (κ1) is 27.0. The summed E-state index contributed by atoms with van der Waals surface area (Å²) >= 11 is 2.16. The number of aryl methyl sites for hydroxylation is 1. The van der Waals surface area contributed by atoms with E-state index in [9.17, 15) is 18.0 Å². The van der Waals surface area contributed by atoms with Gasteiger partial charge in [-0.1, -0.05) is 48.0 Å². The van der Waals surface area contributed by atoms with Crippen LogP contribution in [0.2, 0.25) is 0 Å². The smallest absolute Gasteiger partial charge is 0.252 e. The number of sulfonamides is 1. The minimum absolute atomic E-state index is 0.141. The van der Waals surface area contributed by atoms with Gasteiger partial charge in [-0.25, -0.2) is 13.3 Å². The van der Waals surface area contributed by atoms with Crippen molar-refractivity contribution >= 4 is 50.1 Å². The number of halogens is 1. The maximum Gasteiger partial charge on any atom is 0.252 e. The number of piperidine rings is 1. The average Bonchev–Trinajstić information content (AvgIpc) is 3.19. The lowest BCUT2D eigenvalue weighted by molar-refractivity contribution is -0.122. The van der Waals surface area contributed by atoms with Crippen LogP contribution < -0.4 is 4.90 Å². The van der Waals surface area contributed by atoms with E-state index in [4.69, 9.17) is 0 Å². The first-order chi connectivity index (χ1) is 18.2. The van der Waals surface area contributed by atoms with E-state index in [-0.39, 0.29) is 23.3 Å². The minimum atomic E-state index is -4.03. The van der Waals surface area contributed by atoms with Crippen LogP contribution in [-0.4, -0.2) is 54.6 Å². The van der Waals surface area contributed by atoms with Crippen LogP contribution in [-0.2, 0) is 26.2 Å². The molecule has 2 aliphatic rings. The average molecular weight is 644 g/mol. The van der Waals surface area contributed by atoms with Gasteiger partial charge in [-0.2, -0.15) is 4.31 Å². The van der Waals surface area contributed by atoms with E-state index in [1.807, 2.05) is 37.3 Å². The number of carbonyl (C=O) groups excluding carboxylic acids is 2. The molecule has 0 aliphatic carbocycles. The fraction of sp³-hybridized carbons (Fsp3) is 0.310. The Balaban J connectivity index is 1.43. The van der Waals surface area contributed by atoms with E-state index < -0.39 is 22.0 Å². The molecule has 2 fully saturated rings. The van der Waals surface area contributed by atoms with Crippen molar-refractivity contribution in [2.24, 2.45) is 0 Å². The molecule has 2 amide bonds. The SMILES string of the molecule is Cc1ccc(S(=O)(=O)N(C2CCN(Cc3ccccc3)CC2)C2CC(=O)N(c3ccc(I)cc3)C2=O)cc1. The lowest BCUT2D eigenvalue weighted by atomic mass is 10.0. The minimum Gasteiger partial charge on any atom is -0.299 e. The Labute approximate surface area is 237 Å². The van der Waals surface area contributed by atoms with Gasteiger partial charge in [-0.05, 0) is 84.3 Å². The van der Waals surface area contributed by atoms with Gasteiger partial charge in [-0.3, -0.25) is 14.5 Å². The third kappa shape index (κ3) is 5.56. The fourth-order valence-corrected chi connectivity index (χ4v) is 7.49. The summed E-state index contributed by atoms with van der Waals surface area (Å²) in [4.78, 5) is 30.4. The number of rotatable bonds is 7. The molecule has 0 radical (unpaired) electrons. The van der Waals surface area contributed by atoms with Crippen LogP contribution in [0.15, 0.2) is 83.8 Å². The second-order valence-electron chi connectivity index (χ2n) is 9.90. The molecule has 0 saturated carbocycles. The van der Waals surface area contributed by atoms with Gasteiger partial charge >= 0.3 is 0 Å². The number of carbonyl (C=O) groups is 2. The normalized spacial score (nSPS) is 19.4. The molecule has 38 heavy (non-hydrogen) atoms. The Bertz CT molecular complexity index is 1400. The van der Waals surface area contributed by atoms with Crippen molar-refractivity contribution < 1.29 is 18.0 Å². The maximum absolute atomic E-state index is 14.1. The first-order valence-electron chi connectivity index (χ1n) is 12.7. The predicted molar refractivity (Wildman–Crippen MR) is 155 cm³/mol. The van der Waals surface area contributed by atoms with Gasteiger partial charge in [0, 0.05) is 29.2 Å². The summed E-state index contributed by atoms with van der Waals surface area (Å²) in [7, 11) is -4.03. The molecule has 198 valence electrons. The topological polar surface area (TPSA) is 78.0 Å². The van der Waals surface area contributed by atoms with Crippen molar-refractivity contribution in [1.82, 2.24) is 9.21 Å². The van der Waals surface area contributed by atoms with Crippen molar-refractivity contribution in [1.29, 1.82) is 0 Å². The van der Waals surface area contributed by atoms with Crippen LogP contribution in [0.4, 0.5) is 5.69 Å². The second-order valence-corrected chi connectivity index (χ2v) is 13.0. The quantitative estimate of drug-likeness (QED) is 0.278. The number of imide groups is 1. The molecule has 5 rings (SSSR count). The molecule has 7 nitrogen and oxygen atoms in total. The molecular weight excluding hydrogens is 613 g/mol. The molecule has 0 spiro atoms. The molecule has 9 heteroatoms. The zero-order valence-corrected chi connectivity index (χ0v) is 24.1. The molecule has 0 bridgehead atoms. The molecule has 1 atom stereocenters. The van der Waals surface area contributed by atoms with Crippen LogP contribution in [0.3, 0.4) is 0 Å². The van der Waals surface area contributed by atoms with E-state index in [1.165, 1.54) is 9.87 Å². The van der Waals surface area contributed by atoms with Crippen LogP contribution in [0, 0.1) is 10.5 Å². The Morgan fingerprint density at radius 1 is 0.895 bits per heavy atom. The standard InChI is InChI=1S/C29H30IN3O4S/c1-21-7-13-26(14-8-21)38(36,37)33(25-15-17-31(18-16-25)20-22-5-3-2-4-6-22)27-19-28(34)32(29(27)35)24-11-9-23(30)10-12-24/h2-14,25,27H,15-20H2,1H3. The van der Waals surface area contributed by atoms with Gasteiger partial charge in [0.2, 0.25) is 15.9 Å². The van der Waals surface area contributed by atoms with E-state index >= 15 is 0 Å². The van der Waals surface area contributed by atoms with Crippen LogP contribution in [0.1, 0.15) is 30.4 Å². The highest BCUT2D eigenvalue weighted by Crippen LogP contribution is 2.34. The summed E-state index contributed by atoms with van der Waals surface area (Å²) in [6, 6.07) is 22.5. The van der Waals surface area contributed by atoms with E-state index in [2.05, 4.69) is 39.6 Å². The second kappa shape index (κ2) is 11.3. The summed E-state index contributed by atoms with van der Waals surface area (Å²) in [6.45, 7) is 4.10. The maximum atomic E-state index is 14.1. The Morgan fingerprint density at radius 3 is 2.16 bits per heavy atom.